The second-order valence-corrected chi connectivity index (χ2v) is 7.65. The Labute approximate surface area is 164 Å². The molecule has 4 atom stereocenters. The van der Waals surface area contributed by atoms with Crippen molar-refractivity contribution in [2.45, 2.75) is 96.7 Å². The van der Waals surface area contributed by atoms with Crippen molar-refractivity contribution in [3.8, 4) is 0 Å². The van der Waals surface area contributed by atoms with Crippen LogP contribution in [0.15, 0.2) is 12.2 Å². The van der Waals surface area contributed by atoms with Gasteiger partial charge in [0.25, 0.3) is 0 Å². The maximum absolute atomic E-state index is 12.2. The van der Waals surface area contributed by atoms with Crippen LogP contribution in [0.25, 0.3) is 0 Å². The Morgan fingerprint density at radius 1 is 1.22 bits per heavy atom. The highest BCUT2D eigenvalue weighted by Gasteiger charge is 2.32. The van der Waals surface area contributed by atoms with E-state index in [-0.39, 0.29) is 18.4 Å². The second-order valence-electron chi connectivity index (χ2n) is 7.65. The van der Waals surface area contributed by atoms with Crippen LogP contribution < -0.4 is 0 Å². The smallest absolute Gasteiger partial charge is 0.332 e. The fourth-order valence-corrected chi connectivity index (χ4v) is 3.88. The quantitative estimate of drug-likeness (QED) is 0.321. The van der Waals surface area contributed by atoms with Gasteiger partial charge in [-0.15, -0.1) is 0 Å². The highest BCUT2D eigenvalue weighted by atomic mass is 16.5. The number of allylic oxidation sites excluding steroid dienone is 1. The lowest BCUT2D eigenvalue weighted by Crippen LogP contribution is -2.19. The van der Waals surface area contributed by atoms with E-state index in [1.54, 1.807) is 0 Å². The van der Waals surface area contributed by atoms with E-state index in [4.69, 9.17) is 9.84 Å². The molecule has 156 valence electrons. The van der Waals surface area contributed by atoms with E-state index in [0.717, 1.165) is 45.1 Å². The number of aliphatic carboxylic acids is 1. The lowest BCUT2D eigenvalue weighted by atomic mass is 9.89. The molecular formula is C22H38O5. The first-order valence-electron chi connectivity index (χ1n) is 10.7. The van der Waals surface area contributed by atoms with Crippen LogP contribution >= 0.6 is 0 Å². The zero-order chi connectivity index (χ0) is 20.1. The Kier molecular flexibility index (Phi) is 12.3. The number of hydrogen-bond donors (Lipinski definition) is 2. The number of hydrogen-bond acceptors (Lipinski definition) is 4. The fraction of sp³-hybridized carbons (Fsp3) is 0.818. The summed E-state index contributed by atoms with van der Waals surface area (Å²) >= 11 is 0. The van der Waals surface area contributed by atoms with Gasteiger partial charge in [0.2, 0.25) is 0 Å². The average Bonchev–Trinajstić information content (AvgIpc) is 2.99. The lowest BCUT2D eigenvalue weighted by molar-refractivity contribution is -0.147. The van der Waals surface area contributed by atoms with Gasteiger partial charge in [-0.1, -0.05) is 51.2 Å². The van der Waals surface area contributed by atoms with Gasteiger partial charge in [0.05, 0.1) is 6.10 Å². The molecular weight excluding hydrogens is 344 g/mol. The molecule has 0 radical (unpaired) electrons. The summed E-state index contributed by atoms with van der Waals surface area (Å²) in [6.45, 7) is 4.96. The highest BCUT2D eigenvalue weighted by Crippen LogP contribution is 2.34. The molecule has 0 aromatic heterocycles. The van der Waals surface area contributed by atoms with Crippen LogP contribution in [0.2, 0.25) is 0 Å². The van der Waals surface area contributed by atoms with Crippen molar-refractivity contribution >= 4 is 11.8 Å². The van der Waals surface area contributed by atoms with Crippen LogP contribution in [0, 0.1) is 11.8 Å². The number of carboxylic acid groups (broad SMARTS) is 1. The standard InChI is InChI=1S/C22H38O5/c1-3-5-11-18(27-4-2)12-9-10-17-15-16-20(23)19(17)13-7-6-8-14-21(24)22(25)26/h9-10,17-19,21,24H,3-8,11-16H2,1-2H3,(H,25,26)/t17-,18?,19+,21?/m0/s1. The molecule has 0 amide bonds. The van der Waals surface area contributed by atoms with Crippen LogP contribution in [-0.4, -0.2) is 40.8 Å². The van der Waals surface area contributed by atoms with E-state index in [2.05, 4.69) is 19.1 Å². The van der Waals surface area contributed by atoms with E-state index in [1.165, 1.54) is 12.8 Å². The number of Topliss-reactive ketones (excluding diaryl/α,β-unsaturated/α-hetero) is 1. The zero-order valence-electron chi connectivity index (χ0n) is 17.1. The summed E-state index contributed by atoms with van der Waals surface area (Å²) in [5, 5.41) is 18.0. The minimum Gasteiger partial charge on any atom is -0.479 e. The molecule has 0 aromatic carbocycles. The van der Waals surface area contributed by atoms with Crippen molar-refractivity contribution in [2.75, 3.05) is 6.61 Å². The summed E-state index contributed by atoms with van der Waals surface area (Å²) in [7, 11) is 0. The van der Waals surface area contributed by atoms with Crippen molar-refractivity contribution in [1.29, 1.82) is 0 Å². The highest BCUT2D eigenvalue weighted by molar-refractivity contribution is 5.83. The number of rotatable bonds is 15. The van der Waals surface area contributed by atoms with Crippen LogP contribution in [0.1, 0.15) is 84.5 Å². The number of ketones is 1. The molecule has 0 aromatic rings. The van der Waals surface area contributed by atoms with Gasteiger partial charge in [-0.25, -0.2) is 4.79 Å². The van der Waals surface area contributed by atoms with Crippen LogP contribution in [0.4, 0.5) is 0 Å². The molecule has 5 nitrogen and oxygen atoms in total. The maximum Gasteiger partial charge on any atom is 0.332 e. The van der Waals surface area contributed by atoms with E-state index in [9.17, 15) is 14.7 Å². The molecule has 1 fully saturated rings. The second kappa shape index (κ2) is 13.9. The minimum atomic E-state index is -1.26. The van der Waals surface area contributed by atoms with Crippen molar-refractivity contribution < 1.29 is 24.5 Å². The monoisotopic (exact) mass is 382 g/mol. The molecule has 0 bridgehead atoms. The number of carbonyl (C=O) groups excluding carboxylic acids is 1. The summed E-state index contributed by atoms with van der Waals surface area (Å²) in [6.07, 6.45) is 13.0. The van der Waals surface area contributed by atoms with Crippen LogP contribution in [-0.2, 0) is 14.3 Å². The first-order chi connectivity index (χ1) is 13.0. The molecule has 2 unspecified atom stereocenters. The summed E-state index contributed by atoms with van der Waals surface area (Å²) < 4.78 is 5.80. The summed E-state index contributed by atoms with van der Waals surface area (Å²) in [5.74, 6) is -0.361. The van der Waals surface area contributed by atoms with Gasteiger partial charge in [-0.05, 0) is 44.9 Å². The summed E-state index contributed by atoms with van der Waals surface area (Å²) in [4.78, 5) is 22.8. The number of carbonyl (C=O) groups is 2. The Morgan fingerprint density at radius 2 is 2.00 bits per heavy atom. The molecule has 0 heterocycles. The lowest BCUT2D eigenvalue weighted by Gasteiger charge is -2.17. The summed E-state index contributed by atoms with van der Waals surface area (Å²) in [5.41, 5.74) is 0. The van der Waals surface area contributed by atoms with Crippen molar-refractivity contribution in [2.24, 2.45) is 11.8 Å². The van der Waals surface area contributed by atoms with Gasteiger partial charge in [-0.2, -0.15) is 0 Å². The van der Waals surface area contributed by atoms with Crippen LogP contribution in [0.3, 0.4) is 0 Å². The third kappa shape index (κ3) is 9.52. The molecule has 0 spiro atoms. The first-order valence-corrected chi connectivity index (χ1v) is 10.7. The number of aliphatic hydroxyl groups is 1. The Hall–Kier alpha value is -1.20. The van der Waals surface area contributed by atoms with Gasteiger partial charge < -0.3 is 14.9 Å². The summed E-state index contributed by atoms with van der Waals surface area (Å²) in [6, 6.07) is 0. The topological polar surface area (TPSA) is 83.8 Å². The SMILES string of the molecule is CCCCC(CC=C[C@H]1CCC(=O)[C@@H]1CCCCCC(O)C(=O)O)OCC. The number of carboxylic acids is 1. The number of ether oxygens (including phenoxy) is 1. The van der Waals surface area contributed by atoms with Gasteiger partial charge in [0.15, 0.2) is 6.10 Å². The van der Waals surface area contributed by atoms with E-state index in [1.807, 2.05) is 6.92 Å². The van der Waals surface area contributed by atoms with Crippen molar-refractivity contribution in [1.82, 2.24) is 0 Å². The number of unbranched alkanes of at least 4 members (excludes halogenated alkanes) is 3. The molecule has 1 rings (SSSR count). The molecule has 2 N–H and O–H groups in total. The maximum atomic E-state index is 12.2. The molecule has 0 saturated heterocycles. The van der Waals surface area contributed by atoms with Crippen LogP contribution in [0.5, 0.6) is 0 Å². The molecule has 1 saturated carbocycles. The van der Waals surface area contributed by atoms with E-state index in [0.29, 0.717) is 24.5 Å². The molecule has 1 aliphatic carbocycles. The van der Waals surface area contributed by atoms with Gasteiger partial charge >= 0.3 is 5.97 Å². The molecule has 0 aliphatic heterocycles. The van der Waals surface area contributed by atoms with Crippen molar-refractivity contribution in [3.05, 3.63) is 12.2 Å². The first kappa shape index (κ1) is 23.8. The third-order valence-electron chi connectivity index (χ3n) is 5.50. The van der Waals surface area contributed by atoms with Crippen molar-refractivity contribution in [3.63, 3.8) is 0 Å². The van der Waals surface area contributed by atoms with E-state index < -0.39 is 12.1 Å². The Balaban J connectivity index is 2.36. The number of aliphatic hydroxyl groups excluding tert-OH is 1. The largest absolute Gasteiger partial charge is 0.479 e. The van der Waals surface area contributed by atoms with Gasteiger partial charge in [-0.3, -0.25) is 4.79 Å². The normalized spacial score (nSPS) is 22.4. The molecule has 1 aliphatic rings. The third-order valence-corrected chi connectivity index (χ3v) is 5.50. The Morgan fingerprint density at radius 3 is 2.67 bits per heavy atom. The Bertz CT molecular complexity index is 460. The van der Waals surface area contributed by atoms with Gasteiger partial charge in [0, 0.05) is 18.9 Å². The van der Waals surface area contributed by atoms with E-state index >= 15 is 0 Å². The predicted octanol–water partition coefficient (Wildman–Crippen LogP) is 4.52. The predicted molar refractivity (Wildman–Crippen MR) is 107 cm³/mol. The van der Waals surface area contributed by atoms with Gasteiger partial charge in [0.1, 0.15) is 5.78 Å². The molecule has 5 heteroatoms. The fourth-order valence-electron chi connectivity index (χ4n) is 3.88. The minimum absolute atomic E-state index is 0.104. The average molecular weight is 383 g/mol. The molecule has 27 heavy (non-hydrogen) atoms. The zero-order valence-corrected chi connectivity index (χ0v) is 17.1.